The lowest BCUT2D eigenvalue weighted by Crippen LogP contribution is -2.22. The van der Waals surface area contributed by atoms with Gasteiger partial charge in [-0.15, -0.1) is 0 Å². The monoisotopic (exact) mass is 352 g/mol. The number of imidazole rings is 1. The second kappa shape index (κ2) is 6.56. The van der Waals surface area contributed by atoms with E-state index >= 15 is 0 Å². The van der Waals surface area contributed by atoms with Gasteiger partial charge in [0.2, 0.25) is 11.9 Å². The zero-order chi connectivity index (χ0) is 17.5. The second-order valence-electron chi connectivity index (χ2n) is 8.02. The molecule has 138 valence electrons. The standard InChI is InChI=1S/C20H28N6/c1-25-17(14-7-2-3-8-14)13-21-19(25)23-18-15-9-6-10-16(15)22-20(24-18)26-11-4-5-12-26/h13-14H,2-12H2,1H3,(H,21,22,23,24). The average Bonchev–Trinajstić information content (AvgIpc) is 3.43. The van der Waals surface area contributed by atoms with Crippen molar-refractivity contribution in [2.24, 2.45) is 7.05 Å². The molecule has 26 heavy (non-hydrogen) atoms. The Labute approximate surface area is 155 Å². The summed E-state index contributed by atoms with van der Waals surface area (Å²) in [5.74, 6) is 3.45. The van der Waals surface area contributed by atoms with Gasteiger partial charge in [0.05, 0.1) is 11.9 Å². The Morgan fingerprint density at radius 2 is 1.81 bits per heavy atom. The molecule has 2 aromatic rings. The van der Waals surface area contributed by atoms with Gasteiger partial charge in [-0.05, 0) is 44.9 Å². The number of aromatic nitrogens is 4. The smallest absolute Gasteiger partial charge is 0.227 e. The molecule has 0 unspecified atom stereocenters. The zero-order valence-corrected chi connectivity index (χ0v) is 15.7. The highest BCUT2D eigenvalue weighted by molar-refractivity contribution is 5.59. The van der Waals surface area contributed by atoms with Gasteiger partial charge in [-0.2, -0.15) is 4.98 Å². The summed E-state index contributed by atoms with van der Waals surface area (Å²) in [6, 6.07) is 0. The topological polar surface area (TPSA) is 58.9 Å². The van der Waals surface area contributed by atoms with Crippen molar-refractivity contribution >= 4 is 17.7 Å². The van der Waals surface area contributed by atoms with Gasteiger partial charge < -0.3 is 14.8 Å². The summed E-state index contributed by atoms with van der Waals surface area (Å²) < 4.78 is 2.23. The predicted octanol–water partition coefficient (Wildman–Crippen LogP) is 3.70. The molecule has 3 heterocycles. The molecule has 0 radical (unpaired) electrons. The lowest BCUT2D eigenvalue weighted by molar-refractivity contribution is 0.659. The fourth-order valence-electron chi connectivity index (χ4n) is 4.83. The molecule has 1 aliphatic heterocycles. The van der Waals surface area contributed by atoms with Crippen LogP contribution in [-0.4, -0.2) is 32.6 Å². The van der Waals surface area contributed by atoms with Crippen LogP contribution in [0, 0.1) is 0 Å². The first kappa shape index (κ1) is 16.1. The van der Waals surface area contributed by atoms with Crippen LogP contribution in [0.15, 0.2) is 6.20 Å². The minimum absolute atomic E-state index is 0.666. The molecule has 1 N–H and O–H groups in total. The van der Waals surface area contributed by atoms with Crippen LogP contribution in [0.2, 0.25) is 0 Å². The number of aryl methyl sites for hydroxylation is 1. The molecule has 1 saturated heterocycles. The van der Waals surface area contributed by atoms with Crippen LogP contribution in [0.5, 0.6) is 0 Å². The molecule has 0 aromatic carbocycles. The van der Waals surface area contributed by atoms with Gasteiger partial charge in [-0.3, -0.25) is 0 Å². The van der Waals surface area contributed by atoms with E-state index in [1.807, 2.05) is 0 Å². The van der Waals surface area contributed by atoms with Crippen LogP contribution in [0.3, 0.4) is 0 Å². The molecule has 0 atom stereocenters. The molecule has 0 bridgehead atoms. The molecular weight excluding hydrogens is 324 g/mol. The summed E-state index contributed by atoms with van der Waals surface area (Å²) in [7, 11) is 2.13. The lowest BCUT2D eigenvalue weighted by Gasteiger charge is -2.19. The van der Waals surface area contributed by atoms with Crippen molar-refractivity contribution in [3.63, 3.8) is 0 Å². The Balaban J connectivity index is 1.46. The number of nitrogens with one attached hydrogen (secondary N) is 1. The molecule has 6 heteroatoms. The molecular formula is C20H28N6. The normalized spacial score (nSPS) is 20.1. The number of hydrogen-bond acceptors (Lipinski definition) is 5. The van der Waals surface area contributed by atoms with E-state index in [4.69, 9.17) is 9.97 Å². The summed E-state index contributed by atoms with van der Waals surface area (Å²) in [5, 5.41) is 3.55. The van der Waals surface area contributed by atoms with Crippen molar-refractivity contribution in [1.82, 2.24) is 19.5 Å². The number of nitrogens with zero attached hydrogens (tertiary/aromatic N) is 5. The van der Waals surface area contributed by atoms with Gasteiger partial charge in [0.25, 0.3) is 0 Å². The summed E-state index contributed by atoms with van der Waals surface area (Å²) in [5.41, 5.74) is 3.88. The first-order chi connectivity index (χ1) is 12.8. The van der Waals surface area contributed by atoms with Crippen LogP contribution in [0.1, 0.15) is 67.8 Å². The van der Waals surface area contributed by atoms with E-state index in [0.29, 0.717) is 5.92 Å². The highest BCUT2D eigenvalue weighted by Gasteiger charge is 2.25. The van der Waals surface area contributed by atoms with Gasteiger partial charge >= 0.3 is 0 Å². The Kier molecular flexibility index (Phi) is 4.06. The predicted molar refractivity (Wildman–Crippen MR) is 103 cm³/mol. The number of rotatable bonds is 4. The van der Waals surface area contributed by atoms with Crippen molar-refractivity contribution in [2.45, 2.75) is 63.7 Å². The first-order valence-corrected chi connectivity index (χ1v) is 10.2. The van der Waals surface area contributed by atoms with E-state index in [1.54, 1.807) is 0 Å². The largest absolute Gasteiger partial charge is 0.341 e. The fraction of sp³-hybridized carbons (Fsp3) is 0.650. The first-order valence-electron chi connectivity index (χ1n) is 10.2. The van der Waals surface area contributed by atoms with Gasteiger partial charge in [-0.1, -0.05) is 12.8 Å². The van der Waals surface area contributed by atoms with Crippen molar-refractivity contribution in [1.29, 1.82) is 0 Å². The van der Waals surface area contributed by atoms with E-state index < -0.39 is 0 Å². The maximum Gasteiger partial charge on any atom is 0.227 e. The Bertz CT molecular complexity index is 799. The van der Waals surface area contributed by atoms with Crippen LogP contribution >= 0.6 is 0 Å². The molecule has 0 spiro atoms. The zero-order valence-electron chi connectivity index (χ0n) is 15.7. The molecule has 2 aromatic heterocycles. The quantitative estimate of drug-likeness (QED) is 0.909. The Morgan fingerprint density at radius 1 is 1.00 bits per heavy atom. The van der Waals surface area contributed by atoms with Crippen molar-refractivity contribution in [2.75, 3.05) is 23.3 Å². The van der Waals surface area contributed by atoms with E-state index in [9.17, 15) is 0 Å². The van der Waals surface area contributed by atoms with Crippen LogP contribution in [0.25, 0.3) is 0 Å². The van der Waals surface area contributed by atoms with Crippen LogP contribution < -0.4 is 10.2 Å². The molecule has 2 fully saturated rings. The van der Waals surface area contributed by atoms with Crippen molar-refractivity contribution < 1.29 is 0 Å². The summed E-state index contributed by atoms with van der Waals surface area (Å²) in [4.78, 5) is 16.8. The number of fused-ring (bicyclic) bond motifs is 1. The summed E-state index contributed by atoms with van der Waals surface area (Å²) >= 11 is 0. The molecule has 5 rings (SSSR count). The van der Waals surface area contributed by atoms with Crippen LogP contribution in [-0.2, 0) is 19.9 Å². The van der Waals surface area contributed by atoms with E-state index in [2.05, 4.69) is 33.0 Å². The number of anilines is 3. The minimum Gasteiger partial charge on any atom is -0.341 e. The molecule has 0 amide bonds. The number of hydrogen-bond donors (Lipinski definition) is 1. The third-order valence-electron chi connectivity index (χ3n) is 6.34. The molecule has 3 aliphatic rings. The van der Waals surface area contributed by atoms with Gasteiger partial charge in [-0.25, -0.2) is 9.97 Å². The van der Waals surface area contributed by atoms with Gasteiger partial charge in [0.1, 0.15) is 5.82 Å². The molecule has 1 saturated carbocycles. The van der Waals surface area contributed by atoms with Crippen molar-refractivity contribution in [3.8, 4) is 0 Å². The fourth-order valence-corrected chi connectivity index (χ4v) is 4.83. The molecule has 6 nitrogen and oxygen atoms in total. The maximum absolute atomic E-state index is 4.92. The second-order valence-corrected chi connectivity index (χ2v) is 8.02. The Morgan fingerprint density at radius 3 is 2.62 bits per heavy atom. The SMILES string of the molecule is Cn1c(C2CCCC2)cnc1Nc1nc(N2CCCC2)nc2c1CCC2. The van der Waals surface area contributed by atoms with Crippen LogP contribution in [0.4, 0.5) is 17.7 Å². The summed E-state index contributed by atoms with van der Waals surface area (Å²) in [6.07, 6.45) is 13.1. The lowest BCUT2D eigenvalue weighted by atomic mass is 10.1. The van der Waals surface area contributed by atoms with Crippen molar-refractivity contribution in [3.05, 3.63) is 23.1 Å². The average molecular weight is 352 g/mol. The van der Waals surface area contributed by atoms with E-state index in [-0.39, 0.29) is 0 Å². The maximum atomic E-state index is 4.92. The Hall–Kier alpha value is -2.11. The van der Waals surface area contributed by atoms with Gasteiger partial charge in [0, 0.05) is 37.3 Å². The van der Waals surface area contributed by atoms with Gasteiger partial charge in [0.15, 0.2) is 0 Å². The third-order valence-corrected chi connectivity index (χ3v) is 6.34. The minimum atomic E-state index is 0.666. The van der Waals surface area contributed by atoms with E-state index in [1.165, 1.54) is 61.9 Å². The molecule has 2 aliphatic carbocycles. The third kappa shape index (κ3) is 2.75. The van der Waals surface area contributed by atoms with E-state index in [0.717, 1.165) is 43.6 Å². The highest BCUT2D eigenvalue weighted by atomic mass is 15.3. The highest BCUT2D eigenvalue weighted by Crippen LogP contribution is 2.36. The summed E-state index contributed by atoms with van der Waals surface area (Å²) in [6.45, 7) is 2.15.